The Morgan fingerprint density at radius 3 is 2.90 bits per heavy atom. The third-order valence-electron chi connectivity index (χ3n) is 4.55. The third-order valence-corrected chi connectivity index (χ3v) is 4.55. The molecule has 2 aromatic rings. The minimum Gasteiger partial charge on any atom is -0.455 e. The second kappa shape index (κ2) is 4.87. The van der Waals surface area contributed by atoms with Crippen molar-refractivity contribution in [2.75, 3.05) is 36.8 Å². The van der Waals surface area contributed by atoms with E-state index in [-0.39, 0.29) is 0 Å². The largest absolute Gasteiger partial charge is 0.455 e. The van der Waals surface area contributed by atoms with Gasteiger partial charge in [-0.1, -0.05) is 6.92 Å². The second-order valence-corrected chi connectivity index (χ2v) is 6.17. The SMILES string of the molecule is CC1CCc2oc3c(N4CCNCC4)nc(N)nc3c2C1. The number of hydrogen-bond acceptors (Lipinski definition) is 6. The lowest BCUT2D eigenvalue weighted by molar-refractivity contribution is 0.438. The fourth-order valence-electron chi connectivity index (χ4n) is 3.40. The number of fused-ring (bicyclic) bond motifs is 3. The van der Waals surface area contributed by atoms with Gasteiger partial charge in [0.1, 0.15) is 11.3 Å². The summed E-state index contributed by atoms with van der Waals surface area (Å²) in [6, 6.07) is 0. The summed E-state index contributed by atoms with van der Waals surface area (Å²) in [5.74, 6) is 2.97. The minimum atomic E-state index is 0.345. The zero-order valence-electron chi connectivity index (χ0n) is 12.4. The Morgan fingerprint density at radius 2 is 2.10 bits per heavy atom. The molecule has 1 saturated heterocycles. The summed E-state index contributed by atoms with van der Waals surface area (Å²) >= 11 is 0. The maximum atomic E-state index is 6.14. The second-order valence-electron chi connectivity index (χ2n) is 6.17. The Labute approximate surface area is 123 Å². The first-order chi connectivity index (χ1) is 10.2. The van der Waals surface area contributed by atoms with E-state index < -0.39 is 0 Å². The number of nitrogens with two attached hydrogens (primary N) is 1. The van der Waals surface area contributed by atoms with Crippen LogP contribution in [0.1, 0.15) is 24.7 Å². The van der Waals surface area contributed by atoms with Crippen LogP contribution in [0, 0.1) is 5.92 Å². The van der Waals surface area contributed by atoms with Gasteiger partial charge in [-0.25, -0.2) is 4.98 Å². The van der Waals surface area contributed by atoms with Crippen molar-refractivity contribution in [1.29, 1.82) is 0 Å². The van der Waals surface area contributed by atoms with Gasteiger partial charge in [0.15, 0.2) is 11.4 Å². The molecule has 1 aliphatic carbocycles. The molecule has 21 heavy (non-hydrogen) atoms. The van der Waals surface area contributed by atoms with E-state index in [9.17, 15) is 0 Å². The van der Waals surface area contributed by atoms with Gasteiger partial charge in [0, 0.05) is 38.2 Å². The van der Waals surface area contributed by atoms with Crippen LogP contribution in [0.25, 0.3) is 11.1 Å². The average molecular weight is 287 g/mol. The zero-order valence-corrected chi connectivity index (χ0v) is 12.4. The van der Waals surface area contributed by atoms with E-state index in [4.69, 9.17) is 10.2 Å². The summed E-state index contributed by atoms with van der Waals surface area (Å²) in [5, 5.41) is 3.35. The first kappa shape index (κ1) is 12.9. The molecule has 112 valence electrons. The molecule has 0 amide bonds. The molecule has 0 saturated carbocycles. The minimum absolute atomic E-state index is 0.345. The first-order valence-corrected chi connectivity index (χ1v) is 7.76. The molecule has 0 spiro atoms. The first-order valence-electron chi connectivity index (χ1n) is 7.76. The Hall–Kier alpha value is -1.82. The molecule has 1 unspecified atom stereocenters. The number of rotatable bonds is 1. The van der Waals surface area contributed by atoms with Gasteiger partial charge in [0.05, 0.1) is 0 Å². The Bertz CT molecular complexity index is 674. The van der Waals surface area contributed by atoms with Crippen molar-refractivity contribution in [1.82, 2.24) is 15.3 Å². The van der Waals surface area contributed by atoms with Crippen molar-refractivity contribution < 1.29 is 4.42 Å². The zero-order chi connectivity index (χ0) is 14.4. The summed E-state index contributed by atoms with van der Waals surface area (Å²) in [6.07, 6.45) is 3.20. The maximum Gasteiger partial charge on any atom is 0.222 e. The Balaban J connectivity index is 1.87. The molecule has 3 heterocycles. The summed E-state index contributed by atoms with van der Waals surface area (Å²) in [7, 11) is 0. The summed E-state index contributed by atoms with van der Waals surface area (Å²) < 4.78 is 6.14. The molecular formula is C15H21N5O. The highest BCUT2D eigenvalue weighted by atomic mass is 16.3. The number of anilines is 2. The molecule has 6 heteroatoms. The average Bonchev–Trinajstić information content (AvgIpc) is 2.85. The van der Waals surface area contributed by atoms with Crippen LogP contribution in [0.3, 0.4) is 0 Å². The van der Waals surface area contributed by atoms with Crippen LogP contribution in [0.5, 0.6) is 0 Å². The van der Waals surface area contributed by atoms with Gasteiger partial charge in [-0.15, -0.1) is 0 Å². The number of furan rings is 1. The van der Waals surface area contributed by atoms with Gasteiger partial charge in [-0.05, 0) is 18.8 Å². The molecule has 0 aromatic carbocycles. The lowest BCUT2D eigenvalue weighted by Gasteiger charge is -2.28. The molecule has 1 atom stereocenters. The van der Waals surface area contributed by atoms with Crippen molar-refractivity contribution in [2.24, 2.45) is 5.92 Å². The van der Waals surface area contributed by atoms with Crippen LogP contribution in [-0.2, 0) is 12.8 Å². The number of nitrogens with one attached hydrogen (secondary N) is 1. The standard InChI is InChI=1S/C15H21N5O/c1-9-2-3-11-10(8-9)12-13(21-11)14(19-15(16)18-12)20-6-4-17-5-7-20/h9,17H,2-8H2,1H3,(H2,16,18,19). The fourth-order valence-corrected chi connectivity index (χ4v) is 3.40. The van der Waals surface area contributed by atoms with Gasteiger partial charge in [0.2, 0.25) is 5.95 Å². The maximum absolute atomic E-state index is 6.14. The van der Waals surface area contributed by atoms with Crippen molar-refractivity contribution in [3.05, 3.63) is 11.3 Å². The van der Waals surface area contributed by atoms with Crippen LogP contribution >= 0.6 is 0 Å². The van der Waals surface area contributed by atoms with E-state index in [0.29, 0.717) is 11.9 Å². The highest BCUT2D eigenvalue weighted by Gasteiger charge is 2.27. The van der Waals surface area contributed by atoms with Crippen molar-refractivity contribution in [3.8, 4) is 0 Å². The van der Waals surface area contributed by atoms with Crippen molar-refractivity contribution >= 4 is 22.9 Å². The molecule has 0 bridgehead atoms. The van der Waals surface area contributed by atoms with Crippen LogP contribution in [0.4, 0.5) is 11.8 Å². The van der Waals surface area contributed by atoms with E-state index in [2.05, 4.69) is 27.1 Å². The normalized spacial score (nSPS) is 22.5. The molecule has 6 nitrogen and oxygen atoms in total. The van der Waals surface area contributed by atoms with Gasteiger partial charge in [0.25, 0.3) is 0 Å². The van der Waals surface area contributed by atoms with E-state index in [1.165, 1.54) is 12.0 Å². The third kappa shape index (κ3) is 2.14. The molecule has 1 fully saturated rings. The van der Waals surface area contributed by atoms with Crippen molar-refractivity contribution in [3.63, 3.8) is 0 Å². The summed E-state index contributed by atoms with van der Waals surface area (Å²) in [4.78, 5) is 11.2. The highest BCUT2D eigenvalue weighted by molar-refractivity contribution is 5.89. The van der Waals surface area contributed by atoms with Crippen LogP contribution < -0.4 is 16.0 Å². The lowest BCUT2D eigenvalue weighted by Crippen LogP contribution is -2.44. The van der Waals surface area contributed by atoms with E-state index >= 15 is 0 Å². The van der Waals surface area contributed by atoms with Gasteiger partial charge < -0.3 is 20.4 Å². The predicted molar refractivity (Wildman–Crippen MR) is 82.5 cm³/mol. The number of nitrogen functional groups attached to an aromatic ring is 1. The van der Waals surface area contributed by atoms with E-state index in [0.717, 1.165) is 61.7 Å². The number of nitrogens with zero attached hydrogens (tertiary/aromatic N) is 3. The summed E-state index contributed by atoms with van der Waals surface area (Å²) in [5.41, 5.74) is 8.95. The van der Waals surface area contributed by atoms with Crippen LogP contribution in [-0.4, -0.2) is 36.1 Å². The highest BCUT2D eigenvalue weighted by Crippen LogP contribution is 2.37. The Morgan fingerprint density at radius 1 is 1.29 bits per heavy atom. The monoisotopic (exact) mass is 287 g/mol. The number of aromatic nitrogens is 2. The smallest absolute Gasteiger partial charge is 0.222 e. The number of aryl methyl sites for hydroxylation is 1. The van der Waals surface area contributed by atoms with Gasteiger partial charge in [-0.2, -0.15) is 4.98 Å². The lowest BCUT2D eigenvalue weighted by atomic mass is 9.89. The molecule has 0 radical (unpaired) electrons. The molecule has 2 aromatic heterocycles. The molecule has 3 N–H and O–H groups in total. The molecule has 4 rings (SSSR count). The van der Waals surface area contributed by atoms with E-state index in [1.54, 1.807) is 0 Å². The quantitative estimate of drug-likeness (QED) is 0.824. The van der Waals surface area contributed by atoms with Crippen LogP contribution in [0.15, 0.2) is 4.42 Å². The van der Waals surface area contributed by atoms with E-state index in [1.807, 2.05) is 0 Å². The Kier molecular flexibility index (Phi) is 2.99. The topological polar surface area (TPSA) is 80.2 Å². The summed E-state index contributed by atoms with van der Waals surface area (Å²) in [6.45, 7) is 6.05. The van der Waals surface area contributed by atoms with Crippen LogP contribution in [0.2, 0.25) is 0 Å². The predicted octanol–water partition coefficient (Wildman–Crippen LogP) is 1.34. The molecular weight excluding hydrogens is 266 g/mol. The van der Waals surface area contributed by atoms with Gasteiger partial charge in [-0.3, -0.25) is 0 Å². The van der Waals surface area contributed by atoms with Gasteiger partial charge >= 0.3 is 0 Å². The molecule has 1 aliphatic heterocycles. The fraction of sp³-hybridized carbons (Fsp3) is 0.600. The number of hydrogen-bond donors (Lipinski definition) is 2. The molecule has 2 aliphatic rings. The number of piperazine rings is 1. The van der Waals surface area contributed by atoms with Crippen molar-refractivity contribution in [2.45, 2.75) is 26.2 Å².